The van der Waals surface area contributed by atoms with E-state index in [2.05, 4.69) is 10.5 Å². The molecule has 0 aliphatic rings. The smallest absolute Gasteiger partial charge is 0.350 e. The van der Waals surface area contributed by atoms with Crippen molar-refractivity contribution < 1.29 is 28.4 Å². The van der Waals surface area contributed by atoms with Crippen LogP contribution in [0.3, 0.4) is 0 Å². The second kappa shape index (κ2) is 11.7. The van der Waals surface area contributed by atoms with Crippen molar-refractivity contribution in [2.75, 3.05) is 24.3 Å². The molecule has 0 fully saturated rings. The van der Waals surface area contributed by atoms with Gasteiger partial charge in [-0.1, -0.05) is 35.5 Å². The zero-order chi connectivity index (χ0) is 23.8. The molecule has 3 rings (SSSR count). The number of hydrogen-bond acceptors (Lipinski definition) is 9. The van der Waals surface area contributed by atoms with Crippen molar-refractivity contribution in [2.24, 2.45) is 0 Å². The Morgan fingerprint density at radius 2 is 1.91 bits per heavy atom. The summed E-state index contributed by atoms with van der Waals surface area (Å²) in [6.07, 6.45) is 0. The standard InChI is InChI=1S/C23H24N2O6S2/c1-4-29-23(28)22-18(10-19(33-22)16-8-6-5-7-9-16)24-20(26)11-30-21(27)13-32-12-17-14(2)25-31-15(17)3/h5-10H,4,11-13H2,1-3H3,(H,24,26). The first-order valence-electron chi connectivity index (χ1n) is 10.2. The van der Waals surface area contributed by atoms with E-state index in [9.17, 15) is 14.4 Å². The summed E-state index contributed by atoms with van der Waals surface area (Å²) in [5.74, 6) is -0.210. The summed E-state index contributed by atoms with van der Waals surface area (Å²) in [7, 11) is 0. The van der Waals surface area contributed by atoms with Gasteiger partial charge in [-0.05, 0) is 32.4 Å². The minimum atomic E-state index is -0.540. The Bertz CT molecular complexity index is 1100. The van der Waals surface area contributed by atoms with E-state index in [-0.39, 0.29) is 17.2 Å². The van der Waals surface area contributed by atoms with Crippen LogP contribution in [0, 0.1) is 13.8 Å². The van der Waals surface area contributed by atoms with Crippen LogP contribution in [0.2, 0.25) is 0 Å². The van der Waals surface area contributed by atoms with E-state index in [0.717, 1.165) is 27.5 Å². The van der Waals surface area contributed by atoms with E-state index >= 15 is 0 Å². The summed E-state index contributed by atoms with van der Waals surface area (Å²) in [5.41, 5.74) is 2.97. The Morgan fingerprint density at radius 3 is 2.58 bits per heavy atom. The highest BCUT2D eigenvalue weighted by Gasteiger charge is 2.20. The second-order valence-corrected chi connectivity index (χ2v) is 8.98. The lowest BCUT2D eigenvalue weighted by Crippen LogP contribution is -2.22. The first-order chi connectivity index (χ1) is 15.9. The van der Waals surface area contributed by atoms with E-state index < -0.39 is 24.5 Å². The largest absolute Gasteiger partial charge is 0.462 e. The molecule has 8 nitrogen and oxygen atoms in total. The van der Waals surface area contributed by atoms with Gasteiger partial charge < -0.3 is 19.3 Å². The molecule has 33 heavy (non-hydrogen) atoms. The molecule has 2 heterocycles. The number of carbonyl (C=O) groups excluding carboxylic acids is 3. The maximum Gasteiger partial charge on any atom is 0.350 e. The summed E-state index contributed by atoms with van der Waals surface area (Å²) >= 11 is 2.58. The summed E-state index contributed by atoms with van der Waals surface area (Å²) in [5, 5.41) is 6.53. The molecule has 0 aliphatic carbocycles. The number of benzene rings is 1. The van der Waals surface area contributed by atoms with Gasteiger partial charge in [0, 0.05) is 16.2 Å². The Labute approximate surface area is 199 Å². The lowest BCUT2D eigenvalue weighted by Gasteiger charge is -2.07. The van der Waals surface area contributed by atoms with Crippen LogP contribution in [0.4, 0.5) is 5.69 Å². The Hall–Kier alpha value is -3.11. The molecule has 1 aromatic carbocycles. The van der Waals surface area contributed by atoms with Crippen LogP contribution in [-0.4, -0.2) is 42.0 Å². The fraction of sp³-hybridized carbons (Fsp3) is 0.304. The fourth-order valence-electron chi connectivity index (χ4n) is 2.90. The quantitative estimate of drug-likeness (QED) is 0.412. The van der Waals surface area contributed by atoms with E-state index in [0.29, 0.717) is 11.4 Å². The van der Waals surface area contributed by atoms with Crippen molar-refractivity contribution in [3.05, 3.63) is 58.3 Å². The van der Waals surface area contributed by atoms with E-state index in [1.165, 1.54) is 23.1 Å². The van der Waals surface area contributed by atoms with Crippen LogP contribution in [0.1, 0.15) is 33.6 Å². The molecule has 2 aromatic heterocycles. The number of carbonyl (C=O) groups is 3. The van der Waals surface area contributed by atoms with Crippen LogP contribution in [0.15, 0.2) is 40.9 Å². The van der Waals surface area contributed by atoms with Crippen molar-refractivity contribution in [1.82, 2.24) is 5.16 Å². The third kappa shape index (κ3) is 6.69. The Balaban J connectivity index is 1.56. The van der Waals surface area contributed by atoms with Crippen LogP contribution in [-0.2, 0) is 24.8 Å². The minimum absolute atomic E-state index is 0.0853. The van der Waals surface area contributed by atoms with Gasteiger partial charge in [-0.3, -0.25) is 9.59 Å². The predicted molar refractivity (Wildman–Crippen MR) is 127 cm³/mol. The number of ether oxygens (including phenoxy) is 2. The van der Waals surface area contributed by atoms with Crippen molar-refractivity contribution in [3.63, 3.8) is 0 Å². The van der Waals surface area contributed by atoms with Gasteiger partial charge in [-0.25, -0.2) is 4.79 Å². The van der Waals surface area contributed by atoms with Gasteiger partial charge in [0.25, 0.3) is 5.91 Å². The molecule has 10 heteroatoms. The maximum atomic E-state index is 12.4. The fourth-order valence-corrected chi connectivity index (χ4v) is 4.88. The van der Waals surface area contributed by atoms with Crippen molar-refractivity contribution >= 4 is 46.6 Å². The molecule has 0 radical (unpaired) electrons. The highest BCUT2D eigenvalue weighted by atomic mass is 32.2. The van der Waals surface area contributed by atoms with Gasteiger partial charge in [0.05, 0.1) is 23.7 Å². The topological polar surface area (TPSA) is 108 Å². The SMILES string of the molecule is CCOC(=O)c1sc(-c2ccccc2)cc1NC(=O)COC(=O)CSCc1c(C)noc1C. The number of rotatable bonds is 10. The monoisotopic (exact) mass is 488 g/mol. The molecule has 0 unspecified atom stereocenters. The first-order valence-corrected chi connectivity index (χ1v) is 12.2. The van der Waals surface area contributed by atoms with E-state index in [1.54, 1.807) is 13.0 Å². The van der Waals surface area contributed by atoms with Crippen LogP contribution in [0.25, 0.3) is 10.4 Å². The average Bonchev–Trinajstić information content (AvgIpc) is 3.37. The van der Waals surface area contributed by atoms with Crippen molar-refractivity contribution in [2.45, 2.75) is 26.5 Å². The molecular weight excluding hydrogens is 464 g/mol. The van der Waals surface area contributed by atoms with Crippen molar-refractivity contribution in [3.8, 4) is 10.4 Å². The molecule has 0 saturated carbocycles. The van der Waals surface area contributed by atoms with Crippen LogP contribution < -0.4 is 5.32 Å². The van der Waals surface area contributed by atoms with Crippen molar-refractivity contribution in [1.29, 1.82) is 0 Å². The van der Waals surface area contributed by atoms with Gasteiger partial charge in [0.15, 0.2) is 6.61 Å². The lowest BCUT2D eigenvalue weighted by atomic mass is 10.2. The third-order valence-corrected chi connectivity index (χ3v) is 6.63. The zero-order valence-corrected chi connectivity index (χ0v) is 20.1. The number of thiophene rings is 1. The first kappa shape index (κ1) is 24.5. The predicted octanol–water partition coefficient (Wildman–Crippen LogP) is 4.61. The third-order valence-electron chi connectivity index (χ3n) is 4.54. The van der Waals surface area contributed by atoms with Gasteiger partial charge in [0.1, 0.15) is 10.6 Å². The molecule has 0 bridgehead atoms. The van der Waals surface area contributed by atoms with E-state index in [4.69, 9.17) is 14.0 Å². The van der Waals surface area contributed by atoms with Gasteiger partial charge in [0.2, 0.25) is 0 Å². The number of thioether (sulfide) groups is 1. The van der Waals surface area contributed by atoms with Crippen LogP contribution >= 0.6 is 23.1 Å². The molecule has 0 aliphatic heterocycles. The zero-order valence-electron chi connectivity index (χ0n) is 18.5. The highest BCUT2D eigenvalue weighted by Crippen LogP contribution is 2.35. The van der Waals surface area contributed by atoms with Gasteiger partial charge in [-0.15, -0.1) is 23.1 Å². The molecule has 0 spiro atoms. The molecule has 0 saturated heterocycles. The number of hydrogen-bond donors (Lipinski definition) is 1. The normalized spacial score (nSPS) is 10.6. The number of nitrogens with one attached hydrogen (secondary N) is 1. The Morgan fingerprint density at radius 1 is 1.15 bits per heavy atom. The summed E-state index contributed by atoms with van der Waals surface area (Å²) in [6, 6.07) is 11.2. The summed E-state index contributed by atoms with van der Waals surface area (Å²) in [4.78, 5) is 37.8. The van der Waals surface area contributed by atoms with Gasteiger partial charge in [-0.2, -0.15) is 0 Å². The molecule has 3 aromatic rings. The van der Waals surface area contributed by atoms with Gasteiger partial charge >= 0.3 is 11.9 Å². The maximum absolute atomic E-state index is 12.4. The lowest BCUT2D eigenvalue weighted by molar-refractivity contribution is -0.144. The number of aromatic nitrogens is 1. The number of esters is 2. The number of anilines is 1. The number of amides is 1. The van der Waals surface area contributed by atoms with Crippen LogP contribution in [0.5, 0.6) is 0 Å². The molecule has 1 amide bonds. The molecular formula is C23H24N2O6S2. The molecule has 174 valence electrons. The second-order valence-electron chi connectivity index (χ2n) is 6.94. The average molecular weight is 489 g/mol. The Kier molecular flexibility index (Phi) is 8.67. The van der Waals surface area contributed by atoms with E-state index in [1.807, 2.05) is 44.2 Å². The minimum Gasteiger partial charge on any atom is -0.462 e. The summed E-state index contributed by atoms with van der Waals surface area (Å²) in [6.45, 7) is 5.13. The highest BCUT2D eigenvalue weighted by molar-refractivity contribution is 7.99. The number of aryl methyl sites for hydroxylation is 2. The number of nitrogens with zero attached hydrogens (tertiary/aromatic N) is 1. The summed E-state index contributed by atoms with van der Waals surface area (Å²) < 4.78 is 15.3. The molecule has 0 atom stereocenters. The molecule has 1 N–H and O–H groups in total.